The highest BCUT2D eigenvalue weighted by Gasteiger charge is 2.05. The molecule has 1 unspecified atom stereocenters. The molecule has 0 amide bonds. The van der Waals surface area contributed by atoms with Crippen molar-refractivity contribution in [2.75, 3.05) is 0 Å². The Labute approximate surface area is 158 Å². The molecule has 134 valence electrons. The van der Waals surface area contributed by atoms with Crippen LogP contribution in [0.3, 0.4) is 0 Å². The Morgan fingerprint density at radius 3 is 2.50 bits per heavy atom. The first-order valence-corrected chi connectivity index (χ1v) is 9.38. The Balaban J connectivity index is 1.87. The summed E-state index contributed by atoms with van der Waals surface area (Å²) < 4.78 is 23.7. The zero-order valence-corrected chi connectivity index (χ0v) is 15.3. The van der Waals surface area contributed by atoms with Crippen molar-refractivity contribution in [3.63, 3.8) is 0 Å². The van der Waals surface area contributed by atoms with Crippen molar-refractivity contribution in [1.29, 1.82) is 0 Å². The minimum Gasteiger partial charge on any atom is -0.310 e. The molecule has 0 aliphatic carbocycles. The average molecular weight is 389 g/mol. The number of hydrogen-bond donors (Lipinski definition) is 2. The molecule has 2 N–H and O–H groups in total. The summed E-state index contributed by atoms with van der Waals surface area (Å²) in [4.78, 5) is 12.2. The molecule has 3 rings (SSSR count). The second-order valence-corrected chi connectivity index (χ2v) is 7.00. The van der Waals surface area contributed by atoms with E-state index in [1.54, 1.807) is 28.8 Å². The van der Waals surface area contributed by atoms with E-state index < -0.39 is 11.3 Å². The second kappa shape index (κ2) is 8.42. The van der Waals surface area contributed by atoms with Gasteiger partial charge in [-0.1, -0.05) is 41.9 Å². The van der Waals surface area contributed by atoms with Crippen LogP contribution in [0.2, 0.25) is 5.02 Å². The highest BCUT2D eigenvalue weighted by molar-refractivity contribution is 7.77. The lowest BCUT2D eigenvalue weighted by atomic mass is 10.0. The van der Waals surface area contributed by atoms with Crippen molar-refractivity contribution in [3.05, 3.63) is 93.4 Å². The zero-order chi connectivity index (χ0) is 18.5. The topological polar surface area (TPSA) is 71.3 Å². The third kappa shape index (κ3) is 4.89. The SMILES string of the molecule is O=c1ccc(-c2cccc(CNS(=O)O)c2)cn1Cc1ccc(Cl)cc1. The first-order valence-electron chi connectivity index (χ1n) is 7.90. The van der Waals surface area contributed by atoms with Gasteiger partial charge >= 0.3 is 0 Å². The predicted molar refractivity (Wildman–Crippen MR) is 104 cm³/mol. The van der Waals surface area contributed by atoms with Crippen LogP contribution in [0.5, 0.6) is 0 Å². The number of benzene rings is 2. The summed E-state index contributed by atoms with van der Waals surface area (Å²) in [5.74, 6) is 0. The molecule has 0 spiro atoms. The van der Waals surface area contributed by atoms with Gasteiger partial charge in [0.15, 0.2) is 0 Å². The Bertz CT molecular complexity index is 987. The summed E-state index contributed by atoms with van der Waals surface area (Å²) >= 11 is 3.85. The van der Waals surface area contributed by atoms with Crippen molar-refractivity contribution < 1.29 is 8.76 Å². The Morgan fingerprint density at radius 1 is 1.00 bits per heavy atom. The molecular weight excluding hydrogens is 372 g/mol. The van der Waals surface area contributed by atoms with Gasteiger partial charge in [-0.25, -0.2) is 8.93 Å². The lowest BCUT2D eigenvalue weighted by Gasteiger charge is -2.10. The molecule has 0 aliphatic heterocycles. The van der Waals surface area contributed by atoms with Crippen molar-refractivity contribution in [3.8, 4) is 11.1 Å². The minimum atomic E-state index is -2.05. The molecule has 3 aromatic rings. The second-order valence-electron chi connectivity index (χ2n) is 5.78. The lowest BCUT2D eigenvalue weighted by molar-refractivity contribution is 0.548. The van der Waals surface area contributed by atoms with Crippen molar-refractivity contribution in [2.24, 2.45) is 0 Å². The smallest absolute Gasteiger partial charge is 0.250 e. The average Bonchev–Trinajstić information content (AvgIpc) is 2.64. The molecule has 0 saturated carbocycles. The van der Waals surface area contributed by atoms with Gasteiger partial charge in [-0.2, -0.15) is 0 Å². The fourth-order valence-corrected chi connectivity index (χ4v) is 3.03. The van der Waals surface area contributed by atoms with Gasteiger partial charge in [-0.3, -0.25) is 9.35 Å². The van der Waals surface area contributed by atoms with Crippen LogP contribution >= 0.6 is 11.6 Å². The summed E-state index contributed by atoms with van der Waals surface area (Å²) in [5, 5.41) is 0.657. The largest absolute Gasteiger partial charge is 0.310 e. The molecule has 26 heavy (non-hydrogen) atoms. The van der Waals surface area contributed by atoms with E-state index in [-0.39, 0.29) is 12.1 Å². The third-order valence-corrected chi connectivity index (χ3v) is 4.55. The first-order chi connectivity index (χ1) is 12.5. The van der Waals surface area contributed by atoms with E-state index in [9.17, 15) is 9.00 Å². The Kier molecular flexibility index (Phi) is 6.00. The molecular formula is C19H17ClN2O3S. The van der Waals surface area contributed by atoms with E-state index in [4.69, 9.17) is 16.2 Å². The van der Waals surface area contributed by atoms with Crippen molar-refractivity contribution in [2.45, 2.75) is 13.1 Å². The maximum atomic E-state index is 12.2. The van der Waals surface area contributed by atoms with Crippen LogP contribution in [0.25, 0.3) is 11.1 Å². The summed E-state index contributed by atoms with van der Waals surface area (Å²) in [6, 6.07) is 18.3. The van der Waals surface area contributed by atoms with Gasteiger partial charge in [0.2, 0.25) is 11.3 Å². The van der Waals surface area contributed by atoms with Gasteiger partial charge < -0.3 is 4.57 Å². The normalized spacial score (nSPS) is 12.1. The maximum Gasteiger partial charge on any atom is 0.250 e. The number of nitrogens with one attached hydrogen (secondary N) is 1. The number of pyridine rings is 1. The first kappa shape index (κ1) is 18.5. The number of nitrogens with zero attached hydrogens (tertiary/aromatic N) is 1. The Hall–Kier alpha value is -2.25. The quantitative estimate of drug-likeness (QED) is 0.635. The van der Waals surface area contributed by atoms with Gasteiger partial charge in [-0.15, -0.1) is 0 Å². The standard InChI is InChI=1S/C19H17ClN2O3S/c20-18-7-4-14(5-8-18)12-22-13-17(6-9-19(22)23)16-3-1-2-15(10-16)11-21-26(24)25/h1-10,13,21H,11-12H2,(H,24,25). The number of halogens is 1. The minimum absolute atomic E-state index is 0.0859. The highest BCUT2D eigenvalue weighted by Crippen LogP contribution is 2.20. The molecule has 0 fully saturated rings. The van der Waals surface area contributed by atoms with Crippen LogP contribution in [0.15, 0.2) is 71.7 Å². The van der Waals surface area contributed by atoms with E-state index in [1.165, 1.54) is 0 Å². The van der Waals surface area contributed by atoms with Gasteiger partial charge in [0, 0.05) is 23.8 Å². The monoisotopic (exact) mass is 388 g/mol. The molecule has 1 atom stereocenters. The summed E-state index contributed by atoms with van der Waals surface area (Å²) in [6.07, 6.45) is 1.81. The van der Waals surface area contributed by atoms with Crippen LogP contribution in [0.4, 0.5) is 0 Å². The maximum absolute atomic E-state index is 12.2. The third-order valence-electron chi connectivity index (χ3n) is 3.91. The fourth-order valence-electron chi connectivity index (χ4n) is 2.62. The van der Waals surface area contributed by atoms with Gasteiger partial charge in [0.05, 0.1) is 6.54 Å². The number of rotatable bonds is 6. The molecule has 2 aromatic carbocycles. The lowest BCUT2D eigenvalue weighted by Crippen LogP contribution is -2.19. The van der Waals surface area contributed by atoms with Crippen molar-refractivity contribution in [1.82, 2.24) is 9.29 Å². The molecule has 0 aliphatic rings. The molecule has 5 nitrogen and oxygen atoms in total. The summed E-state index contributed by atoms with van der Waals surface area (Å²) in [6.45, 7) is 0.732. The number of hydrogen-bond acceptors (Lipinski definition) is 2. The number of aromatic nitrogens is 1. The van der Waals surface area contributed by atoms with Crippen LogP contribution in [-0.2, 0) is 24.4 Å². The van der Waals surface area contributed by atoms with Gasteiger partial charge in [0.1, 0.15) is 0 Å². The molecule has 0 bridgehead atoms. The van der Waals surface area contributed by atoms with Crippen molar-refractivity contribution >= 4 is 22.9 Å². The zero-order valence-electron chi connectivity index (χ0n) is 13.8. The molecule has 1 heterocycles. The fraction of sp³-hybridized carbons (Fsp3) is 0.105. The van der Waals surface area contributed by atoms with E-state index in [2.05, 4.69) is 4.72 Å². The van der Waals surface area contributed by atoms with Crippen LogP contribution in [-0.4, -0.2) is 13.3 Å². The molecule has 0 saturated heterocycles. The highest BCUT2D eigenvalue weighted by atomic mass is 35.5. The Morgan fingerprint density at radius 2 is 1.77 bits per heavy atom. The van der Waals surface area contributed by atoms with Crippen LogP contribution < -0.4 is 10.3 Å². The van der Waals surface area contributed by atoms with Crippen LogP contribution in [0, 0.1) is 0 Å². The van der Waals surface area contributed by atoms with Gasteiger partial charge in [-0.05, 0) is 46.5 Å². The predicted octanol–water partition coefficient (Wildman–Crippen LogP) is 3.44. The van der Waals surface area contributed by atoms with E-state index in [1.807, 2.05) is 42.6 Å². The van der Waals surface area contributed by atoms with Gasteiger partial charge in [0.25, 0.3) is 5.56 Å². The van der Waals surface area contributed by atoms with E-state index in [0.29, 0.717) is 11.6 Å². The molecule has 7 heteroatoms. The van der Waals surface area contributed by atoms with E-state index in [0.717, 1.165) is 22.3 Å². The summed E-state index contributed by atoms with van der Waals surface area (Å²) in [7, 11) is 0. The summed E-state index contributed by atoms with van der Waals surface area (Å²) in [5.41, 5.74) is 3.60. The van der Waals surface area contributed by atoms with Crippen LogP contribution in [0.1, 0.15) is 11.1 Å². The molecule has 0 radical (unpaired) electrons. The van der Waals surface area contributed by atoms with E-state index >= 15 is 0 Å². The molecule has 1 aromatic heterocycles.